The second-order valence-corrected chi connectivity index (χ2v) is 11.2. The van der Waals surface area contributed by atoms with Crippen LogP contribution in [-0.4, -0.2) is 61.7 Å². The van der Waals surface area contributed by atoms with Crippen molar-refractivity contribution in [1.29, 1.82) is 5.41 Å². The third-order valence-corrected chi connectivity index (χ3v) is 7.82. The summed E-state index contributed by atoms with van der Waals surface area (Å²) in [7, 11) is -3.28. The lowest BCUT2D eigenvalue weighted by molar-refractivity contribution is -0.192. The van der Waals surface area contributed by atoms with E-state index in [4.69, 9.17) is 21.0 Å². The Morgan fingerprint density at radius 3 is 2.33 bits per heavy atom. The highest BCUT2D eigenvalue weighted by Crippen LogP contribution is 2.29. The summed E-state index contributed by atoms with van der Waals surface area (Å²) < 4.78 is 56.4. The van der Waals surface area contributed by atoms with Crippen molar-refractivity contribution in [3.63, 3.8) is 0 Å². The molecule has 1 saturated heterocycles. The van der Waals surface area contributed by atoms with Crippen LogP contribution < -0.4 is 11.1 Å². The van der Waals surface area contributed by atoms with E-state index in [2.05, 4.69) is 5.32 Å². The minimum absolute atomic E-state index is 0.00559. The van der Waals surface area contributed by atoms with Crippen molar-refractivity contribution in [3.8, 4) is 0 Å². The van der Waals surface area contributed by atoms with Crippen LogP contribution in [0, 0.1) is 5.41 Å². The molecule has 0 saturated carbocycles. The molecule has 3 rings (SSSR count). The maximum Gasteiger partial charge on any atom is 0.490 e. The number of alkyl halides is 3. The molecule has 1 fully saturated rings. The summed E-state index contributed by atoms with van der Waals surface area (Å²) >= 11 is 1.36. The van der Waals surface area contributed by atoms with Gasteiger partial charge in [0.15, 0.2) is 9.84 Å². The lowest BCUT2D eigenvalue weighted by Crippen LogP contribution is -2.40. The molecule has 9 nitrogen and oxygen atoms in total. The predicted octanol–water partition coefficient (Wildman–Crippen LogP) is 3.05. The quantitative estimate of drug-likeness (QED) is 0.277. The fourth-order valence-corrected chi connectivity index (χ4v) is 5.62. The van der Waals surface area contributed by atoms with Crippen LogP contribution in [0.1, 0.15) is 46.7 Å². The van der Waals surface area contributed by atoms with E-state index in [1.54, 1.807) is 4.90 Å². The van der Waals surface area contributed by atoms with E-state index in [0.29, 0.717) is 30.8 Å². The smallest absolute Gasteiger partial charge is 0.475 e. The first-order valence-corrected chi connectivity index (χ1v) is 13.5. The lowest BCUT2D eigenvalue weighted by atomic mass is 10.1. The molecule has 5 N–H and O–H groups in total. The van der Waals surface area contributed by atoms with E-state index in [0.717, 1.165) is 17.5 Å². The molecular formula is C22H27F3N4O5S2. The number of carboxylic acid groups (broad SMARTS) is 1. The number of nitrogens with zero attached hydrogens (tertiary/aromatic N) is 1. The second kappa shape index (κ2) is 12.3. The molecule has 1 aliphatic rings. The number of hydrogen-bond donors (Lipinski definition) is 4. The van der Waals surface area contributed by atoms with Gasteiger partial charge in [0.25, 0.3) is 0 Å². The molecule has 1 aliphatic heterocycles. The van der Waals surface area contributed by atoms with Gasteiger partial charge < -0.3 is 15.7 Å². The molecule has 198 valence electrons. The predicted molar refractivity (Wildman–Crippen MR) is 129 cm³/mol. The molecule has 0 radical (unpaired) electrons. The molecule has 2 aromatic rings. The molecule has 2 heterocycles. The average Bonchev–Trinajstić information content (AvgIpc) is 3.43. The molecule has 0 aliphatic carbocycles. The van der Waals surface area contributed by atoms with Crippen LogP contribution in [0.3, 0.4) is 0 Å². The van der Waals surface area contributed by atoms with E-state index in [1.807, 2.05) is 41.8 Å². The number of sulfone groups is 1. The number of likely N-dealkylation sites (tertiary alicyclic amines) is 1. The Balaban J connectivity index is 0.000000572. The Morgan fingerprint density at radius 2 is 1.89 bits per heavy atom. The van der Waals surface area contributed by atoms with Gasteiger partial charge in [0.05, 0.1) is 10.1 Å². The zero-order chi connectivity index (χ0) is 27.1. The van der Waals surface area contributed by atoms with Gasteiger partial charge in [0.1, 0.15) is 12.0 Å². The number of carbonyl (C=O) groups excluding carboxylic acids is 1. The van der Waals surface area contributed by atoms with Crippen LogP contribution in [0.15, 0.2) is 41.8 Å². The average molecular weight is 549 g/mol. The van der Waals surface area contributed by atoms with Gasteiger partial charge in [-0.25, -0.2) is 13.2 Å². The number of thiophene rings is 1. The number of halogens is 3. The highest BCUT2D eigenvalue weighted by Gasteiger charge is 2.38. The zero-order valence-electron chi connectivity index (χ0n) is 19.3. The summed E-state index contributed by atoms with van der Waals surface area (Å²) in [5, 5.41) is 19.4. The summed E-state index contributed by atoms with van der Waals surface area (Å²) in [6.45, 7) is 1.07. The minimum atomic E-state index is -5.08. The van der Waals surface area contributed by atoms with E-state index in [-0.39, 0.29) is 17.9 Å². The van der Waals surface area contributed by atoms with E-state index in [9.17, 15) is 26.4 Å². The summed E-state index contributed by atoms with van der Waals surface area (Å²) in [6, 6.07) is 11.0. The Morgan fingerprint density at radius 1 is 1.28 bits per heavy atom. The van der Waals surface area contributed by atoms with Gasteiger partial charge in [-0.3, -0.25) is 15.5 Å². The third-order valence-electron chi connectivity index (χ3n) is 5.30. The van der Waals surface area contributed by atoms with E-state index in [1.165, 1.54) is 17.6 Å². The zero-order valence-corrected chi connectivity index (χ0v) is 20.9. The highest BCUT2D eigenvalue weighted by atomic mass is 32.2. The number of nitrogens with two attached hydrogens (primary N) is 1. The molecule has 1 aromatic carbocycles. The number of amidine groups is 1. The maximum atomic E-state index is 12.3. The van der Waals surface area contributed by atoms with Crippen molar-refractivity contribution >= 4 is 38.9 Å². The van der Waals surface area contributed by atoms with Gasteiger partial charge in [0.2, 0.25) is 5.91 Å². The molecule has 0 bridgehead atoms. The molecule has 14 heteroatoms. The first-order chi connectivity index (χ1) is 16.7. The van der Waals surface area contributed by atoms with Gasteiger partial charge in [0, 0.05) is 24.8 Å². The molecule has 1 aromatic heterocycles. The number of hydrogen-bond acceptors (Lipinski definition) is 7. The number of carbonyl (C=O) groups is 2. The molecule has 2 atom stereocenters. The van der Waals surface area contributed by atoms with Crippen molar-refractivity contribution in [2.45, 2.75) is 36.9 Å². The van der Waals surface area contributed by atoms with Gasteiger partial charge in [-0.2, -0.15) is 13.2 Å². The number of carboxylic acids is 1. The third kappa shape index (κ3) is 8.31. The molecule has 1 amide bonds. The maximum absolute atomic E-state index is 12.3. The monoisotopic (exact) mass is 548 g/mol. The van der Waals surface area contributed by atoms with Crippen molar-refractivity contribution in [1.82, 2.24) is 10.2 Å². The van der Waals surface area contributed by atoms with Crippen LogP contribution in [0.2, 0.25) is 0 Å². The van der Waals surface area contributed by atoms with Crippen molar-refractivity contribution in [2.24, 2.45) is 5.73 Å². The summed E-state index contributed by atoms with van der Waals surface area (Å²) in [5.41, 5.74) is 7.22. The Kier molecular flexibility index (Phi) is 10.0. The Labute approximate surface area is 210 Å². The number of amides is 1. The number of nitrogens with one attached hydrogen (secondary N) is 2. The number of aliphatic carboxylic acids is 1. The molecule has 0 spiro atoms. The van der Waals surface area contributed by atoms with Gasteiger partial charge in [-0.15, -0.1) is 11.3 Å². The van der Waals surface area contributed by atoms with Gasteiger partial charge >= 0.3 is 12.1 Å². The van der Waals surface area contributed by atoms with Crippen LogP contribution in [0.25, 0.3) is 0 Å². The van der Waals surface area contributed by atoms with Crippen LogP contribution >= 0.6 is 11.3 Å². The van der Waals surface area contributed by atoms with Gasteiger partial charge in [-0.1, -0.05) is 30.3 Å². The number of nitrogen functional groups attached to an aromatic ring is 1. The van der Waals surface area contributed by atoms with E-state index < -0.39 is 27.2 Å². The lowest BCUT2D eigenvalue weighted by Gasteiger charge is -2.29. The SMILES string of the molecule is CS(=O)(=O)[C@@H](CCNC(c1csc(C(=N)N)c1)N1CCCC1=O)c1ccccc1.O=C(O)C(F)(F)F. The van der Waals surface area contributed by atoms with Crippen LogP contribution in [0.4, 0.5) is 13.2 Å². The van der Waals surface area contributed by atoms with Crippen molar-refractivity contribution < 1.29 is 36.3 Å². The van der Waals surface area contributed by atoms with Crippen molar-refractivity contribution in [2.75, 3.05) is 19.3 Å². The van der Waals surface area contributed by atoms with Crippen LogP contribution in [-0.2, 0) is 19.4 Å². The fraction of sp³-hybridized carbons (Fsp3) is 0.409. The van der Waals surface area contributed by atoms with E-state index >= 15 is 0 Å². The topological polar surface area (TPSA) is 154 Å². The first-order valence-electron chi connectivity index (χ1n) is 10.7. The molecular weight excluding hydrogens is 521 g/mol. The normalized spacial score (nSPS) is 15.7. The number of benzene rings is 1. The summed E-state index contributed by atoms with van der Waals surface area (Å²) in [6.07, 6.45) is -2.48. The molecule has 36 heavy (non-hydrogen) atoms. The van der Waals surface area contributed by atoms with Gasteiger partial charge in [-0.05, 0) is 36.4 Å². The Bertz CT molecular complexity index is 1170. The fourth-order valence-electron chi connectivity index (χ4n) is 3.63. The standard InChI is InChI=1S/C20H26N4O3S2.C2HF3O2/c1-29(26,27)17(14-6-3-2-4-7-14)9-10-23-20(24-11-5-8-18(24)25)15-12-16(19(21)22)28-13-15;3-2(4,5)1(6)7/h2-4,6-7,12-13,17,20,23H,5,8-11H2,1H3,(H3,21,22);(H,6,7)/t17-,20?;/m0./s1. The highest BCUT2D eigenvalue weighted by molar-refractivity contribution is 7.90. The van der Waals surface area contributed by atoms with Crippen LogP contribution in [0.5, 0.6) is 0 Å². The second-order valence-electron chi connectivity index (χ2n) is 8.03. The summed E-state index contributed by atoms with van der Waals surface area (Å²) in [5.74, 6) is -2.69. The van der Waals surface area contributed by atoms with Crippen molar-refractivity contribution in [3.05, 3.63) is 57.8 Å². The summed E-state index contributed by atoms with van der Waals surface area (Å²) in [4.78, 5) is 23.7. The number of rotatable bonds is 9. The largest absolute Gasteiger partial charge is 0.490 e. The minimum Gasteiger partial charge on any atom is -0.475 e. The molecule has 1 unspecified atom stereocenters. The Hall–Kier alpha value is -2.97. The first kappa shape index (κ1) is 29.3.